The van der Waals surface area contributed by atoms with Gasteiger partial charge in [-0.25, -0.2) is 4.39 Å². The summed E-state index contributed by atoms with van der Waals surface area (Å²) >= 11 is 3.12. The van der Waals surface area contributed by atoms with E-state index >= 15 is 0 Å². The average molecular weight is 275 g/mol. The Morgan fingerprint density at radius 2 is 2.27 bits per heavy atom. The summed E-state index contributed by atoms with van der Waals surface area (Å²) in [6, 6.07) is 2.51. The number of nitrogen functional groups attached to an aromatic ring is 1. The first-order valence-corrected chi connectivity index (χ1v) is 5.38. The molecule has 0 saturated heterocycles. The number of halogens is 2. The van der Waals surface area contributed by atoms with Crippen LogP contribution in [0.1, 0.15) is 23.7 Å². The molecule has 0 atom stereocenters. The molecule has 0 aliphatic heterocycles. The third-order valence-corrected chi connectivity index (χ3v) is 2.52. The highest BCUT2D eigenvalue weighted by atomic mass is 79.9. The second-order valence-corrected chi connectivity index (χ2v) is 3.96. The third kappa shape index (κ3) is 2.92. The summed E-state index contributed by atoms with van der Waals surface area (Å²) < 4.78 is 13.4. The van der Waals surface area contributed by atoms with Gasteiger partial charge in [-0.05, 0) is 34.5 Å². The van der Waals surface area contributed by atoms with Gasteiger partial charge in [0.1, 0.15) is 5.82 Å². The standard InChI is InChI=1S/C10H12BrFN2O/c1-2-3-14-10(15)6-4-9(13)8(12)5-7(6)11/h4-5H,2-3,13H2,1H3,(H,14,15). The molecular weight excluding hydrogens is 263 g/mol. The van der Waals surface area contributed by atoms with Gasteiger partial charge in [0.05, 0.1) is 11.3 Å². The van der Waals surface area contributed by atoms with Gasteiger partial charge in [-0.1, -0.05) is 6.92 Å². The minimum Gasteiger partial charge on any atom is -0.396 e. The molecule has 3 N–H and O–H groups in total. The van der Waals surface area contributed by atoms with E-state index in [0.29, 0.717) is 16.6 Å². The molecule has 0 fully saturated rings. The van der Waals surface area contributed by atoms with Crippen molar-refractivity contribution in [2.24, 2.45) is 0 Å². The number of hydrogen-bond donors (Lipinski definition) is 2. The van der Waals surface area contributed by atoms with Crippen molar-refractivity contribution in [2.75, 3.05) is 12.3 Å². The van der Waals surface area contributed by atoms with Crippen molar-refractivity contribution in [3.8, 4) is 0 Å². The quantitative estimate of drug-likeness (QED) is 0.832. The van der Waals surface area contributed by atoms with Crippen LogP contribution in [0.2, 0.25) is 0 Å². The van der Waals surface area contributed by atoms with Crippen molar-refractivity contribution >= 4 is 27.5 Å². The van der Waals surface area contributed by atoms with Crippen LogP contribution in [-0.2, 0) is 0 Å². The van der Waals surface area contributed by atoms with Gasteiger partial charge in [-0.3, -0.25) is 4.79 Å². The Kier molecular flexibility index (Phi) is 4.08. The van der Waals surface area contributed by atoms with Crippen molar-refractivity contribution in [3.05, 3.63) is 28.0 Å². The van der Waals surface area contributed by atoms with E-state index in [1.807, 2.05) is 6.92 Å². The van der Waals surface area contributed by atoms with Crippen LogP contribution in [0.4, 0.5) is 10.1 Å². The largest absolute Gasteiger partial charge is 0.396 e. The van der Waals surface area contributed by atoms with Crippen molar-refractivity contribution in [1.29, 1.82) is 0 Å². The van der Waals surface area contributed by atoms with Gasteiger partial charge in [-0.2, -0.15) is 0 Å². The van der Waals surface area contributed by atoms with Crippen LogP contribution >= 0.6 is 15.9 Å². The number of nitrogens with two attached hydrogens (primary N) is 1. The number of carbonyl (C=O) groups is 1. The molecule has 3 nitrogen and oxygen atoms in total. The first kappa shape index (κ1) is 12.0. The highest BCUT2D eigenvalue weighted by molar-refractivity contribution is 9.10. The molecule has 5 heteroatoms. The molecule has 1 rings (SSSR count). The van der Waals surface area contributed by atoms with Gasteiger partial charge < -0.3 is 11.1 Å². The summed E-state index contributed by atoms with van der Waals surface area (Å²) in [5, 5.41) is 2.69. The van der Waals surface area contributed by atoms with E-state index < -0.39 is 5.82 Å². The predicted molar refractivity (Wildman–Crippen MR) is 61.1 cm³/mol. The van der Waals surface area contributed by atoms with E-state index in [2.05, 4.69) is 21.2 Å². The van der Waals surface area contributed by atoms with Crippen LogP contribution in [0.25, 0.3) is 0 Å². The molecule has 1 aromatic carbocycles. The SMILES string of the molecule is CCCNC(=O)c1cc(N)c(F)cc1Br. The summed E-state index contributed by atoms with van der Waals surface area (Å²) in [4.78, 5) is 11.6. The Balaban J connectivity index is 2.94. The van der Waals surface area contributed by atoms with Crippen molar-refractivity contribution in [2.45, 2.75) is 13.3 Å². The number of hydrogen-bond acceptors (Lipinski definition) is 2. The second-order valence-electron chi connectivity index (χ2n) is 3.11. The van der Waals surface area contributed by atoms with Gasteiger partial charge in [0, 0.05) is 11.0 Å². The lowest BCUT2D eigenvalue weighted by Crippen LogP contribution is -2.24. The number of nitrogens with one attached hydrogen (secondary N) is 1. The lowest BCUT2D eigenvalue weighted by molar-refractivity contribution is 0.0953. The third-order valence-electron chi connectivity index (χ3n) is 1.87. The average Bonchev–Trinajstić information content (AvgIpc) is 2.20. The zero-order chi connectivity index (χ0) is 11.4. The molecule has 0 aromatic heterocycles. The molecule has 0 heterocycles. The monoisotopic (exact) mass is 274 g/mol. The van der Waals surface area contributed by atoms with Gasteiger partial charge in [-0.15, -0.1) is 0 Å². The number of anilines is 1. The van der Waals surface area contributed by atoms with E-state index in [9.17, 15) is 9.18 Å². The van der Waals surface area contributed by atoms with E-state index in [-0.39, 0.29) is 11.6 Å². The topological polar surface area (TPSA) is 55.1 Å². The minimum absolute atomic E-state index is 0.0279. The lowest BCUT2D eigenvalue weighted by atomic mass is 10.2. The fourth-order valence-corrected chi connectivity index (χ4v) is 1.57. The van der Waals surface area contributed by atoms with Gasteiger partial charge in [0.2, 0.25) is 0 Å². The van der Waals surface area contributed by atoms with Gasteiger partial charge >= 0.3 is 0 Å². The zero-order valence-corrected chi connectivity index (χ0v) is 9.90. The molecular formula is C10H12BrFN2O. The fourth-order valence-electron chi connectivity index (χ4n) is 1.07. The van der Waals surface area contributed by atoms with E-state index in [1.165, 1.54) is 12.1 Å². The van der Waals surface area contributed by atoms with Crippen molar-refractivity contribution < 1.29 is 9.18 Å². The Labute approximate surface area is 96.0 Å². The first-order valence-electron chi connectivity index (χ1n) is 4.59. The molecule has 0 spiro atoms. The molecule has 0 aliphatic carbocycles. The Morgan fingerprint density at radius 3 is 2.87 bits per heavy atom. The van der Waals surface area contributed by atoms with Crippen molar-refractivity contribution in [3.63, 3.8) is 0 Å². The van der Waals surface area contributed by atoms with Gasteiger partial charge in [0.15, 0.2) is 0 Å². The normalized spacial score (nSPS) is 10.1. The molecule has 0 aliphatic rings. The summed E-state index contributed by atoms with van der Waals surface area (Å²) in [7, 11) is 0. The summed E-state index contributed by atoms with van der Waals surface area (Å²) in [5.74, 6) is -0.788. The van der Waals surface area contributed by atoms with Crippen LogP contribution < -0.4 is 11.1 Å². The number of benzene rings is 1. The molecule has 0 radical (unpaired) electrons. The molecule has 0 saturated carbocycles. The van der Waals surface area contributed by atoms with Gasteiger partial charge in [0.25, 0.3) is 5.91 Å². The van der Waals surface area contributed by atoms with Crippen LogP contribution in [0.5, 0.6) is 0 Å². The molecule has 0 unspecified atom stereocenters. The Hall–Kier alpha value is -1.10. The smallest absolute Gasteiger partial charge is 0.252 e. The Bertz CT molecular complexity index is 382. The zero-order valence-electron chi connectivity index (χ0n) is 8.31. The summed E-state index contributed by atoms with van der Waals surface area (Å²) in [6.07, 6.45) is 0.847. The van der Waals surface area contributed by atoms with E-state index in [1.54, 1.807) is 0 Å². The van der Waals surface area contributed by atoms with Crippen molar-refractivity contribution in [1.82, 2.24) is 5.32 Å². The lowest BCUT2D eigenvalue weighted by Gasteiger charge is -2.07. The number of amides is 1. The van der Waals surface area contributed by atoms with E-state index in [0.717, 1.165) is 6.42 Å². The highest BCUT2D eigenvalue weighted by Gasteiger charge is 2.12. The minimum atomic E-state index is -0.533. The number of carbonyl (C=O) groups excluding carboxylic acids is 1. The van der Waals surface area contributed by atoms with Crippen LogP contribution in [0.15, 0.2) is 16.6 Å². The molecule has 82 valence electrons. The maximum Gasteiger partial charge on any atom is 0.252 e. The fraction of sp³-hybridized carbons (Fsp3) is 0.300. The van der Waals surface area contributed by atoms with Crippen LogP contribution in [0, 0.1) is 5.82 Å². The maximum atomic E-state index is 13.0. The van der Waals surface area contributed by atoms with Crippen LogP contribution in [-0.4, -0.2) is 12.5 Å². The predicted octanol–water partition coefficient (Wildman–Crippen LogP) is 2.31. The van der Waals surface area contributed by atoms with E-state index in [4.69, 9.17) is 5.73 Å². The Morgan fingerprint density at radius 1 is 1.60 bits per heavy atom. The second kappa shape index (κ2) is 5.11. The maximum absolute atomic E-state index is 13.0. The molecule has 15 heavy (non-hydrogen) atoms. The molecule has 1 aromatic rings. The molecule has 0 bridgehead atoms. The number of rotatable bonds is 3. The summed E-state index contributed by atoms with van der Waals surface area (Å²) in [6.45, 7) is 2.54. The highest BCUT2D eigenvalue weighted by Crippen LogP contribution is 2.22. The van der Waals surface area contributed by atoms with Crippen LogP contribution in [0.3, 0.4) is 0 Å². The summed E-state index contributed by atoms with van der Waals surface area (Å²) in [5.41, 5.74) is 5.70. The molecule has 1 amide bonds. The first-order chi connectivity index (χ1) is 7.06.